The second-order valence-electron chi connectivity index (χ2n) is 8.07. The van der Waals surface area contributed by atoms with E-state index in [1.54, 1.807) is 6.20 Å². The molecular formula is C26H26N6. The van der Waals surface area contributed by atoms with Crippen molar-refractivity contribution < 1.29 is 0 Å². The predicted molar refractivity (Wildman–Crippen MR) is 126 cm³/mol. The zero-order chi connectivity index (χ0) is 21.6. The molecule has 0 amide bonds. The van der Waals surface area contributed by atoms with Crippen LogP contribution in [0.4, 0.5) is 11.5 Å². The second-order valence-corrected chi connectivity index (χ2v) is 8.07. The average molecular weight is 423 g/mol. The van der Waals surface area contributed by atoms with Gasteiger partial charge in [-0.3, -0.25) is 14.9 Å². The van der Waals surface area contributed by atoms with Crippen LogP contribution in [0.1, 0.15) is 36.7 Å². The van der Waals surface area contributed by atoms with E-state index in [0.717, 1.165) is 48.1 Å². The van der Waals surface area contributed by atoms with Crippen LogP contribution in [0.2, 0.25) is 0 Å². The van der Waals surface area contributed by atoms with E-state index in [0.29, 0.717) is 0 Å². The van der Waals surface area contributed by atoms with Crippen molar-refractivity contribution in [2.45, 2.75) is 31.8 Å². The summed E-state index contributed by atoms with van der Waals surface area (Å²) in [6.07, 6.45) is 10.8. The van der Waals surface area contributed by atoms with E-state index < -0.39 is 0 Å². The fourth-order valence-corrected chi connectivity index (χ4v) is 4.21. The monoisotopic (exact) mass is 422 g/mol. The molecule has 0 bridgehead atoms. The van der Waals surface area contributed by atoms with Gasteiger partial charge >= 0.3 is 0 Å². The Morgan fingerprint density at radius 3 is 2.56 bits per heavy atom. The summed E-state index contributed by atoms with van der Waals surface area (Å²) in [5, 5.41) is 3.46. The largest absolute Gasteiger partial charge is 0.340 e. The number of anilines is 2. The lowest BCUT2D eigenvalue weighted by molar-refractivity contribution is 0.134. The van der Waals surface area contributed by atoms with Crippen molar-refractivity contribution in [3.63, 3.8) is 0 Å². The summed E-state index contributed by atoms with van der Waals surface area (Å²) < 4.78 is 0. The van der Waals surface area contributed by atoms with Gasteiger partial charge in [0, 0.05) is 48.6 Å². The average Bonchev–Trinajstić information content (AvgIpc) is 2.86. The van der Waals surface area contributed by atoms with E-state index in [2.05, 4.69) is 32.3 Å². The summed E-state index contributed by atoms with van der Waals surface area (Å²) in [7, 11) is 0. The number of rotatable bonds is 6. The lowest BCUT2D eigenvalue weighted by atomic mass is 10.00. The first-order valence-electron chi connectivity index (χ1n) is 11.1. The highest BCUT2D eigenvalue weighted by Gasteiger charge is 2.27. The molecule has 1 saturated heterocycles. The molecule has 5 rings (SSSR count). The van der Waals surface area contributed by atoms with E-state index in [-0.39, 0.29) is 6.04 Å². The molecule has 0 spiro atoms. The number of benzene rings is 1. The van der Waals surface area contributed by atoms with Gasteiger partial charge in [-0.05, 0) is 61.3 Å². The van der Waals surface area contributed by atoms with Crippen LogP contribution in [-0.4, -0.2) is 31.4 Å². The van der Waals surface area contributed by atoms with Gasteiger partial charge in [0.1, 0.15) is 11.6 Å². The molecule has 1 aromatic carbocycles. The summed E-state index contributed by atoms with van der Waals surface area (Å²) >= 11 is 0. The summed E-state index contributed by atoms with van der Waals surface area (Å²) in [4.78, 5) is 20.9. The molecule has 0 saturated carbocycles. The molecule has 1 fully saturated rings. The van der Waals surface area contributed by atoms with Crippen LogP contribution in [0, 0.1) is 0 Å². The molecule has 4 aromatic rings. The van der Waals surface area contributed by atoms with Gasteiger partial charge in [-0.25, -0.2) is 9.97 Å². The van der Waals surface area contributed by atoms with Gasteiger partial charge in [-0.15, -0.1) is 0 Å². The highest BCUT2D eigenvalue weighted by molar-refractivity contribution is 5.65. The van der Waals surface area contributed by atoms with Gasteiger partial charge in [0.05, 0.1) is 11.7 Å². The van der Waals surface area contributed by atoms with E-state index in [4.69, 9.17) is 9.97 Å². The highest BCUT2D eigenvalue weighted by atomic mass is 15.2. The normalized spacial score (nSPS) is 16.6. The minimum absolute atomic E-state index is 0.171. The van der Waals surface area contributed by atoms with Crippen LogP contribution in [0.15, 0.2) is 85.5 Å². The van der Waals surface area contributed by atoms with Crippen molar-refractivity contribution in [1.29, 1.82) is 0 Å². The van der Waals surface area contributed by atoms with Crippen molar-refractivity contribution in [2.75, 3.05) is 11.9 Å². The molecule has 1 aliphatic heterocycles. The molecule has 3 aromatic heterocycles. The molecule has 0 radical (unpaired) electrons. The van der Waals surface area contributed by atoms with Crippen LogP contribution in [-0.2, 0) is 6.54 Å². The Kier molecular flexibility index (Phi) is 6.12. The Hall–Kier alpha value is -3.64. The molecule has 1 atom stereocenters. The minimum Gasteiger partial charge on any atom is -0.340 e. The number of piperidine rings is 1. The number of aromatic nitrogens is 4. The molecule has 6 nitrogen and oxygen atoms in total. The van der Waals surface area contributed by atoms with Crippen LogP contribution < -0.4 is 5.32 Å². The van der Waals surface area contributed by atoms with Gasteiger partial charge < -0.3 is 5.32 Å². The minimum atomic E-state index is 0.171. The Labute approximate surface area is 188 Å². The van der Waals surface area contributed by atoms with Gasteiger partial charge in [-0.2, -0.15) is 0 Å². The topological polar surface area (TPSA) is 66.8 Å². The highest BCUT2D eigenvalue weighted by Crippen LogP contribution is 2.32. The summed E-state index contributed by atoms with van der Waals surface area (Å²) in [6, 6.07) is 20.5. The Bertz CT molecular complexity index is 1130. The first-order valence-corrected chi connectivity index (χ1v) is 11.1. The molecule has 32 heavy (non-hydrogen) atoms. The lowest BCUT2D eigenvalue weighted by Gasteiger charge is -2.35. The van der Waals surface area contributed by atoms with Crippen molar-refractivity contribution in [3.8, 4) is 11.3 Å². The number of para-hydroxylation sites is 1. The number of hydrogen-bond donors (Lipinski definition) is 1. The van der Waals surface area contributed by atoms with Gasteiger partial charge in [0.2, 0.25) is 0 Å². The standard InChI is InChI=1S/C26H26N6/c1-2-8-22(9-3-1)29-25-17-23(21-7-6-13-28-18-21)30-26(31-25)24-10-4-5-16-32(24)19-20-11-14-27-15-12-20/h1-3,6-9,11-15,17-18,24H,4-5,10,16,19H2,(H,29,30,31). The Morgan fingerprint density at radius 1 is 0.875 bits per heavy atom. The lowest BCUT2D eigenvalue weighted by Crippen LogP contribution is -2.34. The van der Waals surface area contributed by atoms with Crippen molar-refractivity contribution in [3.05, 3.63) is 96.8 Å². The number of nitrogens with zero attached hydrogens (tertiary/aromatic N) is 5. The van der Waals surface area contributed by atoms with Crippen LogP contribution in [0.25, 0.3) is 11.3 Å². The maximum atomic E-state index is 5.02. The molecule has 6 heteroatoms. The van der Waals surface area contributed by atoms with Crippen LogP contribution in [0.3, 0.4) is 0 Å². The van der Waals surface area contributed by atoms with E-state index in [1.165, 1.54) is 18.4 Å². The number of hydrogen-bond acceptors (Lipinski definition) is 6. The summed E-state index contributed by atoms with van der Waals surface area (Å²) in [5.41, 5.74) is 4.14. The number of nitrogens with one attached hydrogen (secondary N) is 1. The number of likely N-dealkylation sites (tertiary alicyclic amines) is 1. The Balaban J connectivity index is 1.51. The maximum Gasteiger partial charge on any atom is 0.148 e. The first kappa shape index (κ1) is 20.3. The summed E-state index contributed by atoms with van der Waals surface area (Å²) in [5.74, 6) is 1.66. The molecule has 160 valence electrons. The summed E-state index contributed by atoms with van der Waals surface area (Å²) in [6.45, 7) is 1.91. The molecule has 1 N–H and O–H groups in total. The fourth-order valence-electron chi connectivity index (χ4n) is 4.21. The zero-order valence-corrected chi connectivity index (χ0v) is 17.9. The van der Waals surface area contributed by atoms with Crippen molar-refractivity contribution in [1.82, 2.24) is 24.8 Å². The third-order valence-electron chi connectivity index (χ3n) is 5.79. The maximum absolute atomic E-state index is 5.02. The van der Waals surface area contributed by atoms with Crippen molar-refractivity contribution in [2.24, 2.45) is 0 Å². The van der Waals surface area contributed by atoms with Crippen LogP contribution >= 0.6 is 0 Å². The molecule has 4 heterocycles. The van der Waals surface area contributed by atoms with Gasteiger partial charge in [0.25, 0.3) is 0 Å². The first-order chi connectivity index (χ1) is 15.8. The van der Waals surface area contributed by atoms with Crippen molar-refractivity contribution >= 4 is 11.5 Å². The van der Waals surface area contributed by atoms with E-state index >= 15 is 0 Å². The second kappa shape index (κ2) is 9.66. The molecular weight excluding hydrogens is 396 g/mol. The third-order valence-corrected chi connectivity index (χ3v) is 5.79. The molecule has 0 aliphatic carbocycles. The predicted octanol–water partition coefficient (Wildman–Crippen LogP) is 5.40. The molecule has 1 unspecified atom stereocenters. The van der Waals surface area contributed by atoms with Crippen LogP contribution in [0.5, 0.6) is 0 Å². The number of pyridine rings is 2. The smallest absolute Gasteiger partial charge is 0.148 e. The van der Waals surface area contributed by atoms with E-state index in [9.17, 15) is 0 Å². The SMILES string of the molecule is c1ccc(Nc2cc(-c3cccnc3)nc(C3CCCCN3Cc3ccncc3)n2)cc1. The quantitative estimate of drug-likeness (QED) is 0.448. The molecule has 1 aliphatic rings. The third kappa shape index (κ3) is 4.81. The fraction of sp³-hybridized carbons (Fsp3) is 0.231. The van der Waals surface area contributed by atoms with E-state index in [1.807, 2.05) is 67.1 Å². The Morgan fingerprint density at radius 2 is 1.75 bits per heavy atom. The van der Waals surface area contributed by atoms with Gasteiger partial charge in [0.15, 0.2) is 0 Å². The zero-order valence-electron chi connectivity index (χ0n) is 17.9. The van der Waals surface area contributed by atoms with Gasteiger partial charge in [-0.1, -0.05) is 24.6 Å².